The van der Waals surface area contributed by atoms with Gasteiger partial charge in [0.1, 0.15) is 5.82 Å². The van der Waals surface area contributed by atoms with Crippen LogP contribution in [0.5, 0.6) is 0 Å². The number of carbonyl (C=O) groups is 2. The molecule has 0 unspecified atom stereocenters. The second kappa shape index (κ2) is 7.05. The van der Waals surface area contributed by atoms with Crippen molar-refractivity contribution in [2.24, 2.45) is 0 Å². The number of carbonyl (C=O) groups excluding carboxylic acids is 2. The number of anilines is 1. The molecule has 0 saturated carbocycles. The maximum Gasteiger partial charge on any atom is 0.251 e. The molecule has 0 saturated heterocycles. The predicted octanol–water partition coefficient (Wildman–Crippen LogP) is 3.12. The molecule has 2 N–H and O–H groups in total. The van der Waals surface area contributed by atoms with Crippen LogP contribution in [0.4, 0.5) is 10.1 Å². The van der Waals surface area contributed by atoms with Crippen LogP contribution >= 0.6 is 0 Å². The Balaban J connectivity index is 1.94. The summed E-state index contributed by atoms with van der Waals surface area (Å²) in [6.45, 7) is 5.47. The molecule has 0 aliphatic rings. The first kappa shape index (κ1) is 16.7. The van der Waals surface area contributed by atoms with Gasteiger partial charge in [0.15, 0.2) is 0 Å². The van der Waals surface area contributed by atoms with E-state index < -0.39 is 11.7 Å². The van der Waals surface area contributed by atoms with Crippen LogP contribution < -0.4 is 10.6 Å². The highest BCUT2D eigenvalue weighted by Crippen LogP contribution is 2.15. The quantitative estimate of drug-likeness (QED) is 0.911. The Morgan fingerprint density at radius 1 is 0.957 bits per heavy atom. The van der Waals surface area contributed by atoms with Crippen LogP contribution in [-0.4, -0.2) is 18.4 Å². The van der Waals surface area contributed by atoms with Crippen molar-refractivity contribution in [2.75, 3.05) is 11.9 Å². The number of nitrogens with one attached hydrogen (secondary N) is 2. The van der Waals surface area contributed by atoms with Crippen molar-refractivity contribution < 1.29 is 14.0 Å². The van der Waals surface area contributed by atoms with Crippen LogP contribution in [0.2, 0.25) is 0 Å². The molecule has 0 spiro atoms. The molecule has 0 bridgehead atoms. The Hall–Kier alpha value is -2.69. The van der Waals surface area contributed by atoms with Crippen molar-refractivity contribution in [3.05, 3.63) is 64.5 Å². The van der Waals surface area contributed by atoms with Gasteiger partial charge in [-0.1, -0.05) is 12.1 Å². The highest BCUT2D eigenvalue weighted by molar-refractivity contribution is 5.99. The predicted molar refractivity (Wildman–Crippen MR) is 88.0 cm³/mol. The lowest BCUT2D eigenvalue weighted by atomic mass is 10.1. The minimum Gasteiger partial charge on any atom is -0.343 e. The van der Waals surface area contributed by atoms with E-state index in [0.29, 0.717) is 11.3 Å². The second-order valence-electron chi connectivity index (χ2n) is 5.49. The summed E-state index contributed by atoms with van der Waals surface area (Å²) < 4.78 is 13.2. The van der Waals surface area contributed by atoms with Gasteiger partial charge < -0.3 is 10.6 Å². The van der Waals surface area contributed by atoms with Crippen molar-refractivity contribution >= 4 is 17.5 Å². The molecule has 2 aromatic carbocycles. The van der Waals surface area contributed by atoms with Crippen LogP contribution in [0.1, 0.15) is 27.0 Å². The minimum atomic E-state index is -0.426. The maximum absolute atomic E-state index is 13.2. The number of amides is 2. The summed E-state index contributed by atoms with van der Waals surface area (Å²) in [5.41, 5.74) is 3.76. The van der Waals surface area contributed by atoms with E-state index in [1.807, 2.05) is 19.9 Å². The van der Waals surface area contributed by atoms with Gasteiger partial charge in [0.25, 0.3) is 5.91 Å². The number of halogens is 1. The summed E-state index contributed by atoms with van der Waals surface area (Å²) >= 11 is 0. The fraction of sp³-hybridized carbons (Fsp3) is 0.222. The van der Waals surface area contributed by atoms with Gasteiger partial charge in [-0.15, -0.1) is 0 Å². The monoisotopic (exact) mass is 314 g/mol. The molecule has 0 atom stereocenters. The van der Waals surface area contributed by atoms with Crippen LogP contribution in [0.15, 0.2) is 36.4 Å². The number of aryl methyl sites for hydroxylation is 3. The minimum absolute atomic E-state index is 0.179. The van der Waals surface area contributed by atoms with E-state index in [2.05, 4.69) is 10.6 Å². The molecule has 120 valence electrons. The molecule has 0 aliphatic heterocycles. The summed E-state index contributed by atoms with van der Waals surface area (Å²) in [5.74, 6) is -1.15. The highest BCUT2D eigenvalue weighted by Gasteiger charge is 2.10. The van der Waals surface area contributed by atoms with Gasteiger partial charge in [0.2, 0.25) is 5.91 Å². The third-order valence-electron chi connectivity index (χ3n) is 3.65. The molecule has 5 heteroatoms. The molecule has 0 aromatic heterocycles. The van der Waals surface area contributed by atoms with Gasteiger partial charge in [0, 0.05) is 11.3 Å². The molecule has 0 heterocycles. The van der Waals surface area contributed by atoms with E-state index in [1.165, 1.54) is 12.1 Å². The topological polar surface area (TPSA) is 58.2 Å². The maximum atomic E-state index is 13.2. The first-order valence-electron chi connectivity index (χ1n) is 7.28. The molecule has 4 nitrogen and oxygen atoms in total. The Morgan fingerprint density at radius 2 is 1.65 bits per heavy atom. The second-order valence-corrected chi connectivity index (χ2v) is 5.49. The normalized spacial score (nSPS) is 10.3. The number of rotatable bonds is 4. The fourth-order valence-electron chi connectivity index (χ4n) is 2.07. The number of hydrogen-bond acceptors (Lipinski definition) is 2. The van der Waals surface area contributed by atoms with Crippen molar-refractivity contribution in [3.8, 4) is 0 Å². The Kier molecular flexibility index (Phi) is 5.11. The average molecular weight is 314 g/mol. The van der Waals surface area contributed by atoms with Crippen LogP contribution in [0.3, 0.4) is 0 Å². The first-order chi connectivity index (χ1) is 10.9. The zero-order valence-electron chi connectivity index (χ0n) is 13.4. The molecule has 2 amide bonds. The van der Waals surface area contributed by atoms with Crippen molar-refractivity contribution in [2.45, 2.75) is 20.8 Å². The van der Waals surface area contributed by atoms with Crippen molar-refractivity contribution in [1.29, 1.82) is 0 Å². The van der Waals surface area contributed by atoms with E-state index in [0.717, 1.165) is 16.7 Å². The van der Waals surface area contributed by atoms with E-state index in [-0.39, 0.29) is 12.5 Å². The van der Waals surface area contributed by atoms with E-state index >= 15 is 0 Å². The van der Waals surface area contributed by atoms with Gasteiger partial charge in [-0.2, -0.15) is 0 Å². The molecule has 23 heavy (non-hydrogen) atoms. The lowest BCUT2D eigenvalue weighted by Gasteiger charge is -2.10. The molecule has 0 aliphatic carbocycles. The molecular weight excluding hydrogens is 295 g/mol. The summed E-state index contributed by atoms with van der Waals surface area (Å²) in [4.78, 5) is 23.9. The smallest absolute Gasteiger partial charge is 0.251 e. The van der Waals surface area contributed by atoms with Crippen molar-refractivity contribution in [3.63, 3.8) is 0 Å². The number of hydrogen-bond donors (Lipinski definition) is 2. The van der Waals surface area contributed by atoms with Crippen LogP contribution in [0.25, 0.3) is 0 Å². The van der Waals surface area contributed by atoms with E-state index in [1.54, 1.807) is 25.1 Å². The highest BCUT2D eigenvalue weighted by atomic mass is 19.1. The van der Waals surface area contributed by atoms with Crippen LogP contribution in [-0.2, 0) is 4.79 Å². The summed E-state index contributed by atoms with van der Waals surface area (Å²) in [7, 11) is 0. The van der Waals surface area contributed by atoms with E-state index in [4.69, 9.17) is 0 Å². The van der Waals surface area contributed by atoms with Crippen molar-refractivity contribution in [1.82, 2.24) is 5.32 Å². The molecular formula is C18H19FN2O2. The van der Waals surface area contributed by atoms with Gasteiger partial charge in [-0.25, -0.2) is 4.39 Å². The molecule has 0 fully saturated rings. The zero-order chi connectivity index (χ0) is 17.0. The average Bonchev–Trinajstić information content (AvgIpc) is 2.51. The zero-order valence-corrected chi connectivity index (χ0v) is 13.4. The first-order valence-corrected chi connectivity index (χ1v) is 7.28. The van der Waals surface area contributed by atoms with Gasteiger partial charge in [0.05, 0.1) is 6.54 Å². The van der Waals surface area contributed by atoms with Gasteiger partial charge in [-0.05, 0) is 61.7 Å². The number of benzene rings is 2. The fourth-order valence-corrected chi connectivity index (χ4v) is 2.07. The van der Waals surface area contributed by atoms with E-state index in [9.17, 15) is 14.0 Å². The lowest BCUT2D eigenvalue weighted by Crippen LogP contribution is -2.33. The SMILES string of the molecule is Cc1ccc(C(=O)NCC(=O)Nc2cc(F)ccc2C)cc1C. The molecule has 0 radical (unpaired) electrons. The Bertz CT molecular complexity index is 757. The summed E-state index contributed by atoms with van der Waals surface area (Å²) in [5, 5.41) is 5.14. The van der Waals surface area contributed by atoms with Gasteiger partial charge >= 0.3 is 0 Å². The Labute approximate surface area is 134 Å². The molecule has 2 aromatic rings. The largest absolute Gasteiger partial charge is 0.343 e. The Morgan fingerprint density at radius 3 is 2.35 bits per heavy atom. The van der Waals surface area contributed by atoms with Crippen LogP contribution in [0, 0.1) is 26.6 Å². The third-order valence-corrected chi connectivity index (χ3v) is 3.65. The molecule has 2 rings (SSSR count). The van der Waals surface area contributed by atoms with Gasteiger partial charge in [-0.3, -0.25) is 9.59 Å². The lowest BCUT2D eigenvalue weighted by molar-refractivity contribution is -0.115. The standard InChI is InChI=1S/C18H19FN2O2/c1-11-4-6-14(8-13(11)3)18(23)20-10-17(22)21-16-9-15(19)7-5-12(16)2/h4-9H,10H2,1-3H3,(H,20,23)(H,21,22). The summed E-state index contributed by atoms with van der Waals surface area (Å²) in [6, 6.07) is 9.51. The third kappa shape index (κ3) is 4.39. The summed E-state index contributed by atoms with van der Waals surface area (Å²) in [6.07, 6.45) is 0.